The lowest BCUT2D eigenvalue weighted by atomic mass is 10.1. The Hall–Kier alpha value is -1.89. The summed E-state index contributed by atoms with van der Waals surface area (Å²) in [5.41, 5.74) is 1.81. The highest BCUT2D eigenvalue weighted by Gasteiger charge is 2.31. The molecule has 1 fully saturated rings. The SMILES string of the molecule is CCOc1ccc(S(=O)(=O)N2CCO[C@H](c3ccccc3)C2)cc1C. The van der Waals surface area contributed by atoms with Gasteiger partial charge in [-0.05, 0) is 43.2 Å². The van der Waals surface area contributed by atoms with Crippen LogP contribution in [0.1, 0.15) is 24.2 Å². The van der Waals surface area contributed by atoms with E-state index in [1.54, 1.807) is 18.2 Å². The summed E-state index contributed by atoms with van der Waals surface area (Å²) < 4.78 is 38.8. The lowest BCUT2D eigenvalue weighted by Gasteiger charge is -2.32. The van der Waals surface area contributed by atoms with Gasteiger partial charge in [0.2, 0.25) is 10.0 Å². The van der Waals surface area contributed by atoms with Crippen LogP contribution >= 0.6 is 0 Å². The molecule has 1 heterocycles. The predicted molar refractivity (Wildman–Crippen MR) is 96.2 cm³/mol. The fourth-order valence-electron chi connectivity index (χ4n) is 2.96. The summed E-state index contributed by atoms with van der Waals surface area (Å²) in [5.74, 6) is 0.714. The van der Waals surface area contributed by atoms with Gasteiger partial charge >= 0.3 is 0 Å². The Balaban J connectivity index is 1.83. The van der Waals surface area contributed by atoms with Gasteiger partial charge in [0.1, 0.15) is 5.75 Å². The standard InChI is InChI=1S/C19H23NO4S/c1-3-23-18-10-9-17(13-15(18)2)25(21,22)20-11-12-24-19(14-20)16-7-5-4-6-8-16/h4-10,13,19H,3,11-12,14H2,1-2H3/t19-/m0/s1. The minimum atomic E-state index is -3.56. The first-order valence-corrected chi connectivity index (χ1v) is 9.86. The summed E-state index contributed by atoms with van der Waals surface area (Å²) in [5, 5.41) is 0. The molecule has 0 radical (unpaired) electrons. The molecule has 5 nitrogen and oxygen atoms in total. The summed E-state index contributed by atoms with van der Waals surface area (Å²) >= 11 is 0. The molecule has 0 aromatic heterocycles. The van der Waals surface area contributed by atoms with E-state index in [0.717, 1.165) is 11.1 Å². The highest BCUT2D eigenvalue weighted by molar-refractivity contribution is 7.89. The lowest BCUT2D eigenvalue weighted by molar-refractivity contribution is -0.00255. The van der Waals surface area contributed by atoms with E-state index in [1.165, 1.54) is 4.31 Å². The van der Waals surface area contributed by atoms with Gasteiger partial charge < -0.3 is 9.47 Å². The van der Waals surface area contributed by atoms with Crippen molar-refractivity contribution in [3.63, 3.8) is 0 Å². The molecule has 1 atom stereocenters. The maximum Gasteiger partial charge on any atom is 0.243 e. The third-order valence-electron chi connectivity index (χ3n) is 4.28. The molecule has 1 aliphatic rings. The smallest absolute Gasteiger partial charge is 0.243 e. The maximum absolute atomic E-state index is 13.0. The predicted octanol–water partition coefficient (Wildman–Crippen LogP) is 3.16. The van der Waals surface area contributed by atoms with Crippen LogP contribution in [0.15, 0.2) is 53.4 Å². The van der Waals surface area contributed by atoms with Crippen molar-refractivity contribution in [2.75, 3.05) is 26.3 Å². The molecule has 6 heteroatoms. The minimum absolute atomic E-state index is 0.242. The van der Waals surface area contributed by atoms with Crippen molar-refractivity contribution in [2.24, 2.45) is 0 Å². The zero-order valence-corrected chi connectivity index (χ0v) is 15.3. The molecule has 0 unspecified atom stereocenters. The Labute approximate surface area is 149 Å². The van der Waals surface area contributed by atoms with Gasteiger partial charge in [-0.3, -0.25) is 0 Å². The number of aryl methyl sites for hydroxylation is 1. The molecule has 0 bridgehead atoms. The van der Waals surface area contributed by atoms with Gasteiger partial charge in [0.05, 0.1) is 24.2 Å². The largest absolute Gasteiger partial charge is 0.494 e. The van der Waals surface area contributed by atoms with Gasteiger partial charge in [-0.25, -0.2) is 8.42 Å². The second kappa shape index (κ2) is 7.56. The number of hydrogen-bond acceptors (Lipinski definition) is 4. The topological polar surface area (TPSA) is 55.8 Å². The molecule has 1 aliphatic heterocycles. The van der Waals surface area contributed by atoms with E-state index < -0.39 is 10.0 Å². The average Bonchev–Trinajstić information content (AvgIpc) is 2.64. The van der Waals surface area contributed by atoms with Crippen molar-refractivity contribution in [3.8, 4) is 5.75 Å². The van der Waals surface area contributed by atoms with Gasteiger partial charge in [0.15, 0.2) is 0 Å². The van der Waals surface area contributed by atoms with E-state index in [-0.39, 0.29) is 6.10 Å². The molecule has 3 rings (SSSR count). The highest BCUT2D eigenvalue weighted by atomic mass is 32.2. The molecule has 25 heavy (non-hydrogen) atoms. The van der Waals surface area contributed by atoms with Crippen LogP contribution in [0.25, 0.3) is 0 Å². The van der Waals surface area contributed by atoms with Crippen LogP contribution in [0, 0.1) is 6.92 Å². The van der Waals surface area contributed by atoms with E-state index >= 15 is 0 Å². The maximum atomic E-state index is 13.0. The Kier molecular flexibility index (Phi) is 5.42. The minimum Gasteiger partial charge on any atom is -0.494 e. The average molecular weight is 361 g/mol. The van der Waals surface area contributed by atoms with E-state index in [9.17, 15) is 8.42 Å². The summed E-state index contributed by atoms with van der Waals surface area (Å²) in [6, 6.07) is 14.7. The molecule has 1 saturated heterocycles. The lowest BCUT2D eigenvalue weighted by Crippen LogP contribution is -2.42. The van der Waals surface area contributed by atoms with Crippen LogP contribution < -0.4 is 4.74 Å². The number of rotatable bonds is 5. The van der Waals surface area contributed by atoms with Crippen LogP contribution in [-0.2, 0) is 14.8 Å². The van der Waals surface area contributed by atoms with Crippen LogP contribution in [-0.4, -0.2) is 39.0 Å². The van der Waals surface area contributed by atoms with E-state index in [4.69, 9.17) is 9.47 Å². The molecule has 0 amide bonds. The molecule has 0 saturated carbocycles. The zero-order chi connectivity index (χ0) is 17.9. The quantitative estimate of drug-likeness (QED) is 0.821. The van der Waals surface area contributed by atoms with Crippen LogP contribution in [0.3, 0.4) is 0 Å². The van der Waals surface area contributed by atoms with Gasteiger partial charge in [-0.1, -0.05) is 30.3 Å². The van der Waals surface area contributed by atoms with Crippen molar-refractivity contribution in [2.45, 2.75) is 24.8 Å². The fraction of sp³-hybridized carbons (Fsp3) is 0.368. The number of morpholine rings is 1. The number of nitrogens with zero attached hydrogens (tertiary/aromatic N) is 1. The van der Waals surface area contributed by atoms with E-state index in [0.29, 0.717) is 36.9 Å². The van der Waals surface area contributed by atoms with E-state index in [2.05, 4.69) is 0 Å². The summed E-state index contributed by atoms with van der Waals surface area (Å²) in [4.78, 5) is 0.294. The molecular formula is C19H23NO4S. The van der Waals surface area contributed by atoms with Crippen molar-refractivity contribution in [1.29, 1.82) is 0 Å². The Morgan fingerprint density at radius 3 is 2.64 bits per heavy atom. The Morgan fingerprint density at radius 2 is 1.96 bits per heavy atom. The van der Waals surface area contributed by atoms with Gasteiger partial charge in [0, 0.05) is 13.1 Å². The summed E-state index contributed by atoms with van der Waals surface area (Å²) in [7, 11) is -3.56. The van der Waals surface area contributed by atoms with Crippen LogP contribution in [0.2, 0.25) is 0 Å². The second-order valence-corrected chi connectivity index (χ2v) is 7.93. The molecule has 0 N–H and O–H groups in total. The second-order valence-electron chi connectivity index (χ2n) is 5.99. The van der Waals surface area contributed by atoms with Crippen LogP contribution in [0.5, 0.6) is 5.75 Å². The third-order valence-corrected chi connectivity index (χ3v) is 6.15. The highest BCUT2D eigenvalue weighted by Crippen LogP contribution is 2.28. The van der Waals surface area contributed by atoms with Crippen LogP contribution in [0.4, 0.5) is 0 Å². The van der Waals surface area contributed by atoms with E-state index in [1.807, 2.05) is 44.2 Å². The Morgan fingerprint density at radius 1 is 1.20 bits per heavy atom. The zero-order valence-electron chi connectivity index (χ0n) is 14.5. The first-order valence-electron chi connectivity index (χ1n) is 8.42. The molecule has 0 spiro atoms. The fourth-order valence-corrected chi connectivity index (χ4v) is 4.47. The summed E-state index contributed by atoms with van der Waals surface area (Å²) in [6.45, 7) is 5.37. The van der Waals surface area contributed by atoms with Gasteiger partial charge in [-0.15, -0.1) is 0 Å². The normalized spacial score (nSPS) is 18.9. The number of sulfonamides is 1. The van der Waals surface area contributed by atoms with Crippen molar-refractivity contribution in [1.82, 2.24) is 4.31 Å². The molecule has 134 valence electrons. The molecule has 2 aromatic rings. The Bertz CT molecular complexity index is 821. The first kappa shape index (κ1) is 17.9. The van der Waals surface area contributed by atoms with Crippen molar-refractivity contribution < 1.29 is 17.9 Å². The first-order chi connectivity index (χ1) is 12.0. The van der Waals surface area contributed by atoms with Crippen molar-refractivity contribution >= 4 is 10.0 Å². The van der Waals surface area contributed by atoms with Gasteiger partial charge in [0.25, 0.3) is 0 Å². The number of hydrogen-bond donors (Lipinski definition) is 0. The number of benzene rings is 2. The molecule has 0 aliphatic carbocycles. The molecular weight excluding hydrogens is 338 g/mol. The third kappa shape index (κ3) is 3.86. The van der Waals surface area contributed by atoms with Gasteiger partial charge in [-0.2, -0.15) is 4.31 Å². The monoisotopic (exact) mass is 361 g/mol. The summed E-state index contributed by atoms with van der Waals surface area (Å²) in [6.07, 6.45) is -0.242. The van der Waals surface area contributed by atoms with Crippen molar-refractivity contribution in [3.05, 3.63) is 59.7 Å². The number of ether oxygens (including phenoxy) is 2. The molecule has 2 aromatic carbocycles.